The van der Waals surface area contributed by atoms with E-state index >= 15 is 0 Å². The van der Waals surface area contributed by atoms with E-state index in [2.05, 4.69) is 149 Å². The highest BCUT2D eigenvalue weighted by Crippen LogP contribution is 2.64. The molecule has 0 radical (unpaired) electrons. The van der Waals surface area contributed by atoms with E-state index in [4.69, 9.17) is 8.83 Å². The third-order valence-corrected chi connectivity index (χ3v) is 13.9. The summed E-state index contributed by atoms with van der Waals surface area (Å²) in [6, 6.07) is 29.1. The van der Waals surface area contributed by atoms with Gasteiger partial charge in [0.25, 0.3) is 0 Å². The van der Waals surface area contributed by atoms with Crippen LogP contribution in [0.5, 0.6) is 0 Å². The minimum Gasteiger partial charge on any atom is -0.456 e. The zero-order valence-electron chi connectivity index (χ0n) is 32.5. The van der Waals surface area contributed by atoms with Crippen molar-refractivity contribution in [2.24, 2.45) is 5.92 Å². The van der Waals surface area contributed by atoms with Gasteiger partial charge in [-0.3, -0.25) is 0 Å². The molecule has 4 heteroatoms. The molecule has 3 aliphatic heterocycles. The molecular formula is C51H46N2O2. The van der Waals surface area contributed by atoms with Gasteiger partial charge in [0.1, 0.15) is 22.2 Å². The largest absolute Gasteiger partial charge is 0.456 e. The molecular weight excluding hydrogens is 673 g/mol. The molecule has 5 atom stereocenters. The van der Waals surface area contributed by atoms with Crippen LogP contribution in [0, 0.1) is 5.92 Å². The lowest BCUT2D eigenvalue weighted by Crippen LogP contribution is -2.38. The topological polar surface area (TPSA) is 34.5 Å². The zero-order chi connectivity index (χ0) is 37.2. The van der Waals surface area contributed by atoms with Crippen LogP contribution in [0.25, 0.3) is 66.4 Å². The Morgan fingerprint density at radius 3 is 2.22 bits per heavy atom. The number of furan rings is 2. The van der Waals surface area contributed by atoms with Crippen molar-refractivity contribution in [3.8, 4) is 0 Å². The van der Waals surface area contributed by atoms with Crippen molar-refractivity contribution in [3.63, 3.8) is 0 Å². The fraction of sp³-hybridized carbons (Fsp3) is 0.294. The second-order valence-corrected chi connectivity index (χ2v) is 17.5. The van der Waals surface area contributed by atoms with Gasteiger partial charge in [-0.15, -0.1) is 6.58 Å². The van der Waals surface area contributed by atoms with Gasteiger partial charge in [-0.25, -0.2) is 0 Å². The van der Waals surface area contributed by atoms with E-state index in [1.165, 1.54) is 87.9 Å². The molecule has 0 saturated heterocycles. The molecule has 0 saturated carbocycles. The average molecular weight is 719 g/mol. The maximum absolute atomic E-state index is 6.94. The van der Waals surface area contributed by atoms with E-state index in [0.29, 0.717) is 5.92 Å². The number of hydrogen-bond donors (Lipinski definition) is 0. The smallest absolute Gasteiger partial charge is 0.141 e. The highest BCUT2D eigenvalue weighted by atomic mass is 16.3. The van der Waals surface area contributed by atoms with Crippen molar-refractivity contribution in [1.29, 1.82) is 0 Å². The fourth-order valence-electron chi connectivity index (χ4n) is 12.1. The van der Waals surface area contributed by atoms with Crippen molar-refractivity contribution < 1.29 is 8.83 Å². The SMILES string of the molecule is C=CC1C(C(C)CCC)c2c3oc4ccccc4c3cc3c4c(C(C)C)c5c(c(C(C)C)c4n1c23)C1C=c2c(oc3ccccc23)=C2c3ccccc3N5C21. The Bertz CT molecular complexity index is 3150. The number of allylic oxidation sites excluding steroid dienone is 1. The first kappa shape index (κ1) is 31.8. The normalized spacial score (nSPS) is 21.1. The summed E-state index contributed by atoms with van der Waals surface area (Å²) < 4.78 is 16.5. The number of hydrogen-bond acceptors (Lipinski definition) is 3. The third kappa shape index (κ3) is 3.70. The van der Waals surface area contributed by atoms with Gasteiger partial charge in [-0.2, -0.15) is 0 Å². The van der Waals surface area contributed by atoms with Gasteiger partial charge in [-0.05, 0) is 58.7 Å². The summed E-state index contributed by atoms with van der Waals surface area (Å²) in [4.78, 5) is 2.73. The summed E-state index contributed by atoms with van der Waals surface area (Å²) in [5.74, 6) is 1.48. The van der Waals surface area contributed by atoms with Crippen molar-refractivity contribution in [2.75, 3.05) is 4.90 Å². The molecule has 55 heavy (non-hydrogen) atoms. The average Bonchev–Trinajstić information content (AvgIpc) is 4.02. The minimum atomic E-state index is 0.120. The van der Waals surface area contributed by atoms with Gasteiger partial charge < -0.3 is 18.3 Å². The third-order valence-electron chi connectivity index (χ3n) is 13.9. The van der Waals surface area contributed by atoms with Gasteiger partial charge in [-0.1, -0.05) is 121 Å². The van der Waals surface area contributed by atoms with Crippen LogP contribution in [0.15, 0.2) is 100 Å². The van der Waals surface area contributed by atoms with Crippen LogP contribution >= 0.6 is 0 Å². The highest BCUT2D eigenvalue weighted by molar-refractivity contribution is 6.23. The Balaban J connectivity index is 1.31. The second-order valence-electron chi connectivity index (χ2n) is 17.5. The molecule has 1 aliphatic carbocycles. The van der Waals surface area contributed by atoms with Crippen molar-refractivity contribution in [2.45, 2.75) is 90.1 Å². The molecule has 0 bridgehead atoms. The minimum absolute atomic E-state index is 0.120. The number of anilines is 2. The Kier molecular flexibility index (Phi) is 6.28. The predicted octanol–water partition coefficient (Wildman–Crippen LogP) is 12.6. The molecule has 272 valence electrons. The maximum Gasteiger partial charge on any atom is 0.141 e. The Morgan fingerprint density at radius 1 is 0.764 bits per heavy atom. The zero-order valence-corrected chi connectivity index (χ0v) is 32.5. The van der Waals surface area contributed by atoms with E-state index in [1.54, 1.807) is 0 Å². The molecule has 3 aromatic heterocycles. The van der Waals surface area contributed by atoms with Crippen LogP contribution in [0.2, 0.25) is 0 Å². The summed E-state index contributed by atoms with van der Waals surface area (Å²) in [5, 5.41) is 7.66. The Labute approximate surface area is 321 Å². The number of aromatic nitrogens is 1. The lowest BCUT2D eigenvalue weighted by Gasteiger charge is -2.30. The van der Waals surface area contributed by atoms with Crippen LogP contribution in [0.1, 0.15) is 112 Å². The van der Waals surface area contributed by atoms with Crippen LogP contribution in [0.3, 0.4) is 0 Å². The van der Waals surface area contributed by atoms with Crippen LogP contribution < -0.4 is 15.5 Å². The monoisotopic (exact) mass is 718 g/mol. The van der Waals surface area contributed by atoms with Crippen molar-refractivity contribution in [1.82, 2.24) is 4.57 Å². The fourth-order valence-corrected chi connectivity index (χ4v) is 12.1. The molecule has 0 fully saturated rings. The number of benzene rings is 5. The Hall–Kier alpha value is -5.48. The quantitative estimate of drug-likeness (QED) is 0.161. The first-order valence-corrected chi connectivity index (χ1v) is 20.6. The van der Waals surface area contributed by atoms with E-state index in [0.717, 1.165) is 35.0 Å². The van der Waals surface area contributed by atoms with Crippen molar-refractivity contribution in [3.05, 3.63) is 130 Å². The number of nitrogens with zero attached hydrogens (tertiary/aromatic N) is 2. The number of rotatable bonds is 6. The predicted molar refractivity (Wildman–Crippen MR) is 228 cm³/mol. The maximum atomic E-state index is 6.94. The first-order chi connectivity index (χ1) is 26.8. The summed E-state index contributed by atoms with van der Waals surface area (Å²) in [7, 11) is 0. The van der Waals surface area contributed by atoms with Gasteiger partial charge in [0.2, 0.25) is 0 Å². The van der Waals surface area contributed by atoms with Gasteiger partial charge in [0.05, 0.1) is 28.8 Å². The van der Waals surface area contributed by atoms with Crippen molar-refractivity contribution >= 4 is 77.7 Å². The standard InChI is InChI=1S/C51H46N2O2/c1-8-16-27(7)41-35(9-2)52-47-34(24-32-29-18-12-15-22-38(29)55-51(32)45(41)47)43-40(26(5)6)49-42(39(25(3)4)48(43)52)33-23-31-28-17-11-14-21-37(28)54-50(31)44-30-19-10-13-20-36(30)53(49)46(33)44/h9-15,17-27,33,35,41,46H,2,8,16H2,1,3-7H3. The number of fused-ring (bicyclic) bond motifs is 16. The Morgan fingerprint density at radius 2 is 1.47 bits per heavy atom. The molecule has 0 spiro atoms. The molecule has 6 heterocycles. The van der Waals surface area contributed by atoms with Gasteiger partial charge in [0, 0.05) is 66.4 Å². The molecule has 12 rings (SSSR count). The van der Waals surface area contributed by atoms with Gasteiger partial charge in [0.15, 0.2) is 0 Å². The van der Waals surface area contributed by atoms with Crippen LogP contribution in [-0.2, 0) is 0 Å². The highest BCUT2D eigenvalue weighted by Gasteiger charge is 2.53. The number of para-hydroxylation sites is 3. The summed E-state index contributed by atoms with van der Waals surface area (Å²) in [6.45, 7) is 19.1. The molecule has 5 unspecified atom stereocenters. The summed E-state index contributed by atoms with van der Waals surface area (Å²) in [6.07, 6.45) is 7.15. The lowest BCUT2D eigenvalue weighted by molar-refractivity contribution is 0.373. The summed E-state index contributed by atoms with van der Waals surface area (Å²) >= 11 is 0. The van der Waals surface area contributed by atoms with E-state index in [1.807, 2.05) is 0 Å². The lowest BCUT2D eigenvalue weighted by atomic mass is 9.77. The molecule has 0 N–H and O–H groups in total. The first-order valence-electron chi connectivity index (χ1n) is 20.6. The van der Waals surface area contributed by atoms with E-state index in [9.17, 15) is 0 Å². The molecule has 8 aromatic rings. The molecule has 0 amide bonds. The molecule has 4 aliphatic rings. The second kappa shape index (κ2) is 10.8. The van der Waals surface area contributed by atoms with Crippen LogP contribution in [0.4, 0.5) is 11.4 Å². The van der Waals surface area contributed by atoms with E-state index in [-0.39, 0.29) is 35.8 Å². The summed E-state index contributed by atoms with van der Waals surface area (Å²) in [5.41, 5.74) is 18.0. The molecule has 5 aromatic carbocycles. The van der Waals surface area contributed by atoms with E-state index < -0.39 is 0 Å². The van der Waals surface area contributed by atoms with Crippen LogP contribution in [-0.4, -0.2) is 10.6 Å². The molecule has 4 nitrogen and oxygen atoms in total. The van der Waals surface area contributed by atoms with Gasteiger partial charge >= 0.3 is 0 Å².